The highest BCUT2D eigenvalue weighted by molar-refractivity contribution is 6.31. The summed E-state index contributed by atoms with van der Waals surface area (Å²) in [4.78, 5) is 0. The Morgan fingerprint density at radius 1 is 1.67 bits per heavy atom. The monoisotopic (exact) mass is 231 g/mol. The topological polar surface area (TPSA) is 53.1 Å². The number of ether oxygens (including phenoxy) is 1. The Bertz CT molecular complexity index is 335. The molecular weight excluding hydrogens is 214 g/mol. The molecular formula is C10H18ClN3O. The normalized spacial score (nSPS) is 14.3. The van der Waals surface area contributed by atoms with E-state index in [9.17, 15) is 0 Å². The minimum atomic E-state index is -0.462. The maximum Gasteiger partial charge on any atom is 0.0835 e. The van der Waals surface area contributed by atoms with Crippen molar-refractivity contribution < 1.29 is 4.74 Å². The molecule has 2 N–H and O–H groups in total. The summed E-state index contributed by atoms with van der Waals surface area (Å²) >= 11 is 6.06. The van der Waals surface area contributed by atoms with Crippen molar-refractivity contribution in [1.82, 2.24) is 9.78 Å². The zero-order valence-electron chi connectivity index (χ0n) is 9.62. The van der Waals surface area contributed by atoms with Crippen molar-refractivity contribution in [2.24, 2.45) is 5.73 Å². The molecule has 0 aliphatic rings. The number of aromatic nitrogens is 2. The maximum absolute atomic E-state index is 6.13. The molecule has 1 unspecified atom stereocenters. The van der Waals surface area contributed by atoms with Crippen molar-refractivity contribution in [2.45, 2.75) is 39.0 Å². The van der Waals surface area contributed by atoms with E-state index in [4.69, 9.17) is 22.1 Å². The molecule has 1 atom stereocenters. The first-order valence-electron chi connectivity index (χ1n) is 4.96. The van der Waals surface area contributed by atoms with Crippen LogP contribution in [0.5, 0.6) is 0 Å². The van der Waals surface area contributed by atoms with Crippen LogP contribution in [0.2, 0.25) is 5.02 Å². The number of halogens is 1. The fourth-order valence-electron chi connectivity index (χ4n) is 1.39. The molecule has 0 saturated heterocycles. The highest BCUT2D eigenvalue weighted by Crippen LogP contribution is 2.30. The summed E-state index contributed by atoms with van der Waals surface area (Å²) in [5, 5.41) is 4.74. The second-order valence-corrected chi connectivity index (χ2v) is 4.39. The molecule has 0 amide bonds. The molecule has 0 bridgehead atoms. The van der Waals surface area contributed by atoms with Gasteiger partial charge in [0.25, 0.3) is 0 Å². The Morgan fingerprint density at radius 3 is 2.73 bits per heavy atom. The molecule has 0 radical (unpaired) electrons. The molecule has 1 rings (SSSR count). The fraction of sp³-hybridized carbons (Fsp3) is 0.700. The van der Waals surface area contributed by atoms with Gasteiger partial charge < -0.3 is 10.5 Å². The van der Waals surface area contributed by atoms with Crippen LogP contribution < -0.4 is 5.73 Å². The highest BCUT2D eigenvalue weighted by atomic mass is 35.5. The van der Waals surface area contributed by atoms with Crippen molar-refractivity contribution in [2.75, 3.05) is 7.11 Å². The number of nitrogens with two attached hydrogens (primary N) is 1. The minimum absolute atomic E-state index is 0.294. The van der Waals surface area contributed by atoms with Gasteiger partial charge in [0.1, 0.15) is 0 Å². The first-order valence-corrected chi connectivity index (χ1v) is 5.33. The first-order chi connectivity index (χ1) is 6.94. The van der Waals surface area contributed by atoms with Crippen molar-refractivity contribution >= 4 is 11.6 Å². The lowest BCUT2D eigenvalue weighted by atomic mass is 9.96. The molecule has 5 heteroatoms. The van der Waals surface area contributed by atoms with Crippen LogP contribution in [0.25, 0.3) is 0 Å². The average molecular weight is 232 g/mol. The lowest BCUT2D eigenvalue weighted by molar-refractivity contribution is -0.00217. The number of methoxy groups -OCH3 is 1. The minimum Gasteiger partial charge on any atom is -0.377 e. The first kappa shape index (κ1) is 12.5. The van der Waals surface area contributed by atoms with Crippen LogP contribution in [0.1, 0.15) is 32.5 Å². The Morgan fingerprint density at radius 2 is 2.27 bits per heavy atom. The van der Waals surface area contributed by atoms with Crippen LogP contribution in [-0.2, 0) is 11.3 Å². The molecule has 0 saturated carbocycles. The largest absolute Gasteiger partial charge is 0.377 e. The number of hydrogen-bond donors (Lipinski definition) is 1. The summed E-state index contributed by atoms with van der Waals surface area (Å²) in [5.41, 5.74) is 6.50. The van der Waals surface area contributed by atoms with E-state index < -0.39 is 5.60 Å². The standard InChI is InChI=1S/C10H18ClN3O/c1-5-14-8(7(11)6-13-14)9(12)10(2,3)15-4/h6,9H,5,12H2,1-4H3. The SMILES string of the molecule is CCn1ncc(Cl)c1C(N)C(C)(C)OC. The fourth-order valence-corrected chi connectivity index (χ4v) is 1.65. The Hall–Kier alpha value is -0.580. The number of aryl methyl sites for hydroxylation is 1. The van der Waals surface area contributed by atoms with E-state index in [1.807, 2.05) is 20.8 Å². The quantitative estimate of drug-likeness (QED) is 0.862. The summed E-state index contributed by atoms with van der Waals surface area (Å²) in [6, 6.07) is -0.294. The summed E-state index contributed by atoms with van der Waals surface area (Å²) in [5.74, 6) is 0. The number of rotatable bonds is 4. The van der Waals surface area contributed by atoms with E-state index in [1.165, 1.54) is 0 Å². The third-order valence-electron chi connectivity index (χ3n) is 2.70. The third kappa shape index (κ3) is 2.33. The van der Waals surface area contributed by atoms with E-state index in [2.05, 4.69) is 5.10 Å². The third-order valence-corrected chi connectivity index (χ3v) is 2.99. The zero-order valence-corrected chi connectivity index (χ0v) is 10.4. The summed E-state index contributed by atoms with van der Waals surface area (Å²) in [6.45, 7) is 6.61. The van der Waals surface area contributed by atoms with Crippen LogP contribution in [0.3, 0.4) is 0 Å². The molecule has 0 aliphatic carbocycles. The lowest BCUT2D eigenvalue weighted by Crippen LogP contribution is -2.38. The number of nitrogens with zero attached hydrogens (tertiary/aromatic N) is 2. The van der Waals surface area contributed by atoms with Crippen LogP contribution in [0.15, 0.2) is 6.20 Å². The van der Waals surface area contributed by atoms with Crippen molar-refractivity contribution in [1.29, 1.82) is 0 Å². The van der Waals surface area contributed by atoms with Gasteiger partial charge in [-0.1, -0.05) is 11.6 Å². The summed E-state index contributed by atoms with van der Waals surface area (Å²) < 4.78 is 7.15. The predicted octanol–water partition coefficient (Wildman–Crippen LogP) is 1.98. The number of hydrogen-bond acceptors (Lipinski definition) is 3. The van der Waals surface area contributed by atoms with Gasteiger partial charge in [0.15, 0.2) is 0 Å². The lowest BCUT2D eigenvalue weighted by Gasteiger charge is -2.30. The van der Waals surface area contributed by atoms with E-state index in [0.29, 0.717) is 5.02 Å². The van der Waals surface area contributed by atoms with E-state index in [-0.39, 0.29) is 6.04 Å². The molecule has 1 aromatic heterocycles. The molecule has 4 nitrogen and oxygen atoms in total. The van der Waals surface area contributed by atoms with Crippen LogP contribution in [0.4, 0.5) is 0 Å². The Kier molecular flexibility index (Phi) is 3.76. The van der Waals surface area contributed by atoms with Gasteiger partial charge in [0.05, 0.1) is 28.6 Å². The van der Waals surface area contributed by atoms with Crippen molar-refractivity contribution in [3.63, 3.8) is 0 Å². The van der Waals surface area contributed by atoms with Gasteiger partial charge in [-0.3, -0.25) is 4.68 Å². The highest BCUT2D eigenvalue weighted by Gasteiger charge is 2.31. The van der Waals surface area contributed by atoms with E-state index in [1.54, 1.807) is 18.0 Å². The van der Waals surface area contributed by atoms with Gasteiger partial charge in [0.2, 0.25) is 0 Å². The average Bonchev–Trinajstić information content (AvgIpc) is 2.58. The molecule has 86 valence electrons. The molecule has 1 heterocycles. The summed E-state index contributed by atoms with van der Waals surface area (Å²) in [6.07, 6.45) is 1.62. The molecule has 15 heavy (non-hydrogen) atoms. The zero-order chi connectivity index (χ0) is 11.6. The van der Waals surface area contributed by atoms with E-state index >= 15 is 0 Å². The van der Waals surface area contributed by atoms with Crippen LogP contribution in [-0.4, -0.2) is 22.5 Å². The summed E-state index contributed by atoms with van der Waals surface area (Å²) in [7, 11) is 1.64. The van der Waals surface area contributed by atoms with Crippen molar-refractivity contribution in [3.8, 4) is 0 Å². The van der Waals surface area contributed by atoms with Crippen LogP contribution >= 0.6 is 11.6 Å². The van der Waals surface area contributed by atoms with Gasteiger partial charge in [-0.05, 0) is 20.8 Å². The van der Waals surface area contributed by atoms with Gasteiger partial charge in [-0.25, -0.2) is 0 Å². The Labute approximate surface area is 95.3 Å². The smallest absolute Gasteiger partial charge is 0.0835 e. The Balaban J connectivity index is 3.09. The molecule has 0 fully saturated rings. The van der Waals surface area contributed by atoms with Crippen LogP contribution in [0, 0.1) is 0 Å². The van der Waals surface area contributed by atoms with E-state index in [0.717, 1.165) is 12.2 Å². The van der Waals surface area contributed by atoms with Gasteiger partial charge >= 0.3 is 0 Å². The molecule has 0 spiro atoms. The second-order valence-electron chi connectivity index (χ2n) is 3.98. The molecule has 0 aliphatic heterocycles. The molecule has 0 aromatic carbocycles. The second kappa shape index (κ2) is 4.51. The van der Waals surface area contributed by atoms with Gasteiger partial charge in [-0.2, -0.15) is 5.10 Å². The predicted molar refractivity (Wildman–Crippen MR) is 60.9 cm³/mol. The maximum atomic E-state index is 6.13. The van der Waals surface area contributed by atoms with Crippen molar-refractivity contribution in [3.05, 3.63) is 16.9 Å². The molecule has 1 aromatic rings. The van der Waals surface area contributed by atoms with Gasteiger partial charge in [-0.15, -0.1) is 0 Å². The van der Waals surface area contributed by atoms with Gasteiger partial charge in [0, 0.05) is 13.7 Å².